The summed E-state index contributed by atoms with van der Waals surface area (Å²) in [5.74, 6) is -2.23. The standard InChI is InChI=1S/C16H21Cl2N5O3.C4H4O4/c1-4-22(5-2)8-9-23-20-14(15(21-23)26-16(24)25-3)19-11-6-7-12(17)13(18)10-11;5-3(6)1-2-4(7)8/h6-7,10H,4-5,8-9H2,1-3H3,(H,19,20);1-2H,(H,5,6)(H,7,8)/b;2-1-. The average molecular weight is 518 g/mol. The maximum absolute atomic E-state index is 11.5. The van der Waals surface area contributed by atoms with E-state index in [1.807, 2.05) is 0 Å². The number of aliphatic carboxylic acids is 2. The van der Waals surface area contributed by atoms with E-state index < -0.39 is 18.1 Å². The van der Waals surface area contributed by atoms with Gasteiger partial charge in [-0.25, -0.2) is 14.4 Å². The van der Waals surface area contributed by atoms with Gasteiger partial charge in [-0.1, -0.05) is 37.0 Å². The van der Waals surface area contributed by atoms with Crippen molar-refractivity contribution in [1.82, 2.24) is 19.9 Å². The highest BCUT2D eigenvalue weighted by molar-refractivity contribution is 6.42. The second-order valence-corrected chi connectivity index (χ2v) is 7.11. The van der Waals surface area contributed by atoms with Gasteiger partial charge in [0.1, 0.15) is 0 Å². The zero-order chi connectivity index (χ0) is 25.7. The smallest absolute Gasteiger partial charge is 0.478 e. The first kappa shape index (κ1) is 28.7. The Kier molecular flexibility index (Phi) is 12.4. The van der Waals surface area contributed by atoms with E-state index in [9.17, 15) is 14.4 Å². The predicted octanol–water partition coefficient (Wildman–Crippen LogP) is 3.53. The highest BCUT2D eigenvalue weighted by atomic mass is 35.5. The van der Waals surface area contributed by atoms with Crippen molar-refractivity contribution in [3.05, 3.63) is 40.4 Å². The predicted molar refractivity (Wildman–Crippen MR) is 125 cm³/mol. The van der Waals surface area contributed by atoms with Crippen LogP contribution in [0.3, 0.4) is 0 Å². The number of halogens is 2. The van der Waals surface area contributed by atoms with Gasteiger partial charge in [0.05, 0.1) is 23.7 Å². The zero-order valence-corrected chi connectivity index (χ0v) is 20.2. The van der Waals surface area contributed by atoms with Crippen LogP contribution in [0.4, 0.5) is 16.3 Å². The molecule has 0 aliphatic heterocycles. The number of aromatic nitrogens is 3. The van der Waals surface area contributed by atoms with E-state index in [0.29, 0.717) is 34.4 Å². The molecular weight excluding hydrogens is 493 g/mol. The van der Waals surface area contributed by atoms with Crippen molar-refractivity contribution in [2.75, 3.05) is 32.1 Å². The van der Waals surface area contributed by atoms with Gasteiger partial charge < -0.3 is 29.9 Å². The molecule has 12 nitrogen and oxygen atoms in total. The summed E-state index contributed by atoms with van der Waals surface area (Å²) in [6, 6.07) is 5.02. The first-order valence-electron chi connectivity index (χ1n) is 9.88. The minimum absolute atomic E-state index is 0.0162. The summed E-state index contributed by atoms with van der Waals surface area (Å²) >= 11 is 11.9. The molecule has 0 spiro atoms. The molecule has 14 heteroatoms. The summed E-state index contributed by atoms with van der Waals surface area (Å²) in [6.07, 6.45) is 0.239. The number of methoxy groups -OCH3 is 1. The minimum atomic E-state index is -1.26. The van der Waals surface area contributed by atoms with Gasteiger partial charge in [0, 0.05) is 24.4 Å². The van der Waals surface area contributed by atoms with Crippen LogP contribution in [0.5, 0.6) is 5.88 Å². The Morgan fingerprint density at radius 3 is 2.21 bits per heavy atom. The maximum atomic E-state index is 11.5. The average Bonchev–Trinajstić information content (AvgIpc) is 3.16. The molecule has 0 aliphatic carbocycles. The highest BCUT2D eigenvalue weighted by Gasteiger charge is 2.18. The lowest BCUT2D eigenvalue weighted by Crippen LogP contribution is -2.27. The van der Waals surface area contributed by atoms with E-state index in [1.54, 1.807) is 18.2 Å². The van der Waals surface area contributed by atoms with Crippen LogP contribution in [-0.2, 0) is 20.9 Å². The van der Waals surface area contributed by atoms with Gasteiger partial charge in [-0.3, -0.25) is 0 Å². The normalized spacial score (nSPS) is 10.5. The monoisotopic (exact) mass is 517 g/mol. The number of benzene rings is 1. The van der Waals surface area contributed by atoms with E-state index >= 15 is 0 Å². The lowest BCUT2D eigenvalue weighted by Gasteiger charge is -2.16. The Morgan fingerprint density at radius 1 is 1.09 bits per heavy atom. The number of likely N-dealkylation sites (N-methyl/N-ethyl adjacent to an activating group) is 1. The number of hydrogen-bond acceptors (Lipinski definition) is 9. The number of anilines is 2. The van der Waals surface area contributed by atoms with Gasteiger partial charge in [0.2, 0.25) is 5.82 Å². The molecule has 0 amide bonds. The Bertz CT molecular complexity index is 993. The van der Waals surface area contributed by atoms with E-state index in [2.05, 4.69) is 39.0 Å². The van der Waals surface area contributed by atoms with Crippen LogP contribution in [0.25, 0.3) is 0 Å². The van der Waals surface area contributed by atoms with E-state index in [1.165, 1.54) is 11.9 Å². The topological polar surface area (TPSA) is 156 Å². The number of carbonyl (C=O) groups is 3. The van der Waals surface area contributed by atoms with Crippen LogP contribution >= 0.6 is 23.2 Å². The number of nitrogens with one attached hydrogen (secondary N) is 1. The molecule has 1 aromatic carbocycles. The van der Waals surface area contributed by atoms with Gasteiger partial charge >= 0.3 is 18.1 Å². The third-order valence-electron chi connectivity index (χ3n) is 4.03. The summed E-state index contributed by atoms with van der Waals surface area (Å²) in [6.45, 7) is 7.34. The number of rotatable bonds is 10. The summed E-state index contributed by atoms with van der Waals surface area (Å²) in [4.78, 5) is 34.3. The van der Waals surface area contributed by atoms with E-state index in [-0.39, 0.29) is 11.7 Å². The van der Waals surface area contributed by atoms with Gasteiger partial charge in [-0.2, -0.15) is 4.80 Å². The molecule has 1 heterocycles. The zero-order valence-electron chi connectivity index (χ0n) is 18.7. The van der Waals surface area contributed by atoms with Crippen LogP contribution in [0, 0.1) is 0 Å². The van der Waals surface area contributed by atoms with Crippen molar-refractivity contribution in [2.24, 2.45) is 0 Å². The fourth-order valence-electron chi connectivity index (χ4n) is 2.32. The van der Waals surface area contributed by atoms with Gasteiger partial charge in [0.25, 0.3) is 5.88 Å². The Labute approximate surface area is 205 Å². The molecule has 0 saturated heterocycles. The van der Waals surface area contributed by atoms with Crippen LogP contribution in [0.15, 0.2) is 30.4 Å². The molecule has 3 N–H and O–H groups in total. The minimum Gasteiger partial charge on any atom is -0.478 e. The summed E-state index contributed by atoms with van der Waals surface area (Å²) in [5, 5.41) is 28.0. The third kappa shape index (κ3) is 10.5. The molecule has 0 bridgehead atoms. The molecule has 0 radical (unpaired) electrons. The number of carboxylic acid groups (broad SMARTS) is 2. The lowest BCUT2D eigenvalue weighted by atomic mass is 10.3. The molecule has 0 saturated carbocycles. The molecule has 2 aromatic rings. The molecule has 0 unspecified atom stereocenters. The van der Waals surface area contributed by atoms with Crippen LogP contribution in [-0.4, -0.2) is 74.9 Å². The van der Waals surface area contributed by atoms with Crippen molar-refractivity contribution in [2.45, 2.75) is 20.4 Å². The second kappa shape index (κ2) is 14.7. The molecule has 34 heavy (non-hydrogen) atoms. The number of hydrogen-bond donors (Lipinski definition) is 3. The van der Waals surface area contributed by atoms with Crippen molar-refractivity contribution in [1.29, 1.82) is 0 Å². The van der Waals surface area contributed by atoms with E-state index in [4.69, 9.17) is 38.2 Å². The maximum Gasteiger partial charge on any atom is 0.515 e. The lowest BCUT2D eigenvalue weighted by molar-refractivity contribution is -0.134. The Morgan fingerprint density at radius 2 is 1.71 bits per heavy atom. The van der Waals surface area contributed by atoms with Crippen LogP contribution < -0.4 is 10.1 Å². The van der Waals surface area contributed by atoms with Crippen molar-refractivity contribution in [3.8, 4) is 5.88 Å². The quantitative estimate of drug-likeness (QED) is 0.312. The van der Waals surface area contributed by atoms with Crippen LogP contribution in [0.2, 0.25) is 10.0 Å². The fourth-order valence-corrected chi connectivity index (χ4v) is 2.62. The third-order valence-corrected chi connectivity index (χ3v) is 4.77. The molecule has 1 aromatic heterocycles. The first-order chi connectivity index (χ1) is 16.1. The second-order valence-electron chi connectivity index (χ2n) is 6.30. The van der Waals surface area contributed by atoms with Crippen LogP contribution in [0.1, 0.15) is 13.8 Å². The largest absolute Gasteiger partial charge is 0.515 e. The Hall–Kier alpha value is -3.35. The highest BCUT2D eigenvalue weighted by Crippen LogP contribution is 2.29. The van der Waals surface area contributed by atoms with Crippen molar-refractivity contribution >= 4 is 52.8 Å². The molecule has 0 aliphatic rings. The Balaban J connectivity index is 0.000000620. The van der Waals surface area contributed by atoms with E-state index in [0.717, 1.165) is 19.6 Å². The summed E-state index contributed by atoms with van der Waals surface area (Å²) in [5.41, 5.74) is 0.630. The summed E-state index contributed by atoms with van der Waals surface area (Å²) in [7, 11) is 1.22. The number of carbonyl (C=O) groups excluding carboxylic acids is 1. The number of carboxylic acids is 2. The number of nitrogens with zero attached hydrogens (tertiary/aromatic N) is 4. The molecule has 2 rings (SSSR count). The molecule has 0 fully saturated rings. The fraction of sp³-hybridized carbons (Fsp3) is 0.350. The van der Waals surface area contributed by atoms with Gasteiger partial charge in [-0.05, 0) is 31.3 Å². The first-order valence-corrected chi connectivity index (χ1v) is 10.6. The summed E-state index contributed by atoms with van der Waals surface area (Å²) < 4.78 is 9.59. The molecular formula is C20H25Cl2N5O7. The SMILES string of the molecule is CCN(CC)CCn1nc(Nc2ccc(Cl)c(Cl)c2)c(OC(=O)OC)n1.O=C(O)/C=C\C(=O)O. The van der Waals surface area contributed by atoms with Crippen molar-refractivity contribution in [3.63, 3.8) is 0 Å². The molecule has 0 atom stereocenters. The number of ether oxygens (including phenoxy) is 2. The van der Waals surface area contributed by atoms with Gasteiger partial charge in [-0.15, -0.1) is 10.2 Å². The van der Waals surface area contributed by atoms with Crippen molar-refractivity contribution < 1.29 is 34.1 Å². The van der Waals surface area contributed by atoms with Gasteiger partial charge in [0.15, 0.2) is 0 Å². The molecule has 186 valence electrons.